The van der Waals surface area contributed by atoms with Crippen molar-refractivity contribution in [1.82, 2.24) is 26.7 Å². The number of nitrogens with one attached hydrogen (secondary N) is 5. The Morgan fingerprint density at radius 2 is 0.810 bits per heavy atom. The number of hydrogen-bond acceptors (Lipinski definition) is 12. The Hall–Kier alpha value is -3.95. The zero-order chi connectivity index (χ0) is 46.6. The molecule has 0 aromatic rings. The number of ether oxygens (including phenoxy) is 4. The Morgan fingerprint density at radius 1 is 0.397 bits per heavy atom. The third kappa shape index (κ3) is 41.8. The molecule has 0 aromatic heterocycles. The summed E-state index contributed by atoms with van der Waals surface area (Å²) in [6.45, 7) is 1.81. The fraction of sp³-hybridized carbons (Fsp3) is 0.837. The molecular weight excluding hydrogens is 825 g/mol. The van der Waals surface area contributed by atoms with E-state index in [0.29, 0.717) is 32.2 Å². The van der Waals surface area contributed by atoms with E-state index in [0.717, 1.165) is 38.5 Å². The Labute approximate surface area is 373 Å². The molecular formula is C43H81N6O14+. The summed E-state index contributed by atoms with van der Waals surface area (Å²) in [5.41, 5.74) is 2.47. The number of carboxylic acid groups (broad SMARTS) is 3. The summed E-state index contributed by atoms with van der Waals surface area (Å²) in [7, 11) is 0. The molecule has 20 heteroatoms. The molecule has 0 aliphatic heterocycles. The van der Waals surface area contributed by atoms with E-state index in [9.17, 15) is 38.7 Å². The molecule has 0 unspecified atom stereocenters. The van der Waals surface area contributed by atoms with Crippen molar-refractivity contribution in [3.8, 4) is 0 Å². The lowest BCUT2D eigenvalue weighted by molar-refractivity contribution is -0.449. The molecule has 0 radical (unpaired) electrons. The second-order valence-corrected chi connectivity index (χ2v) is 15.5. The van der Waals surface area contributed by atoms with Gasteiger partial charge in [0.15, 0.2) is 6.04 Å². The van der Waals surface area contributed by atoms with E-state index in [2.05, 4.69) is 32.5 Å². The van der Waals surface area contributed by atoms with Gasteiger partial charge in [-0.25, -0.2) is 4.79 Å². The van der Waals surface area contributed by atoms with Crippen molar-refractivity contribution in [2.75, 3.05) is 72.5 Å². The second-order valence-electron chi connectivity index (χ2n) is 15.5. The van der Waals surface area contributed by atoms with Crippen molar-refractivity contribution in [2.45, 2.75) is 160 Å². The van der Waals surface area contributed by atoms with Gasteiger partial charge < -0.3 is 55.5 Å². The van der Waals surface area contributed by atoms with Crippen LogP contribution in [0.5, 0.6) is 0 Å². The first-order chi connectivity index (χ1) is 30.5. The van der Waals surface area contributed by atoms with Crippen molar-refractivity contribution in [3.63, 3.8) is 0 Å². The van der Waals surface area contributed by atoms with Crippen LogP contribution in [0.4, 0.5) is 0 Å². The first-order valence-corrected chi connectivity index (χ1v) is 23.1. The van der Waals surface area contributed by atoms with Gasteiger partial charge in [-0.3, -0.25) is 34.6 Å². The summed E-state index contributed by atoms with van der Waals surface area (Å²) in [4.78, 5) is 81.3. The normalized spacial score (nSPS) is 12.0. The summed E-state index contributed by atoms with van der Waals surface area (Å²) >= 11 is 0. The lowest BCUT2D eigenvalue weighted by atomic mass is 10.0. The van der Waals surface area contributed by atoms with Crippen LogP contribution in [0.15, 0.2) is 0 Å². The number of carbonyl (C=O) groups excluding carboxylic acids is 4. The Balaban J connectivity index is 3.64. The number of rotatable bonds is 47. The smallest absolute Gasteiger partial charge is 0.326 e. The van der Waals surface area contributed by atoms with E-state index < -0.39 is 30.0 Å². The van der Waals surface area contributed by atoms with Gasteiger partial charge >= 0.3 is 17.9 Å². The molecule has 20 nitrogen and oxygen atoms in total. The molecule has 0 aliphatic rings. The summed E-state index contributed by atoms with van der Waals surface area (Å²) in [5.74, 6) is -0.765. The topological polar surface area (TPSA) is 305 Å². The molecule has 0 aliphatic carbocycles. The molecule has 63 heavy (non-hydrogen) atoms. The maximum Gasteiger partial charge on any atom is 0.326 e. The van der Waals surface area contributed by atoms with Gasteiger partial charge in [-0.15, -0.1) is 0 Å². The van der Waals surface area contributed by atoms with Crippen LogP contribution in [0.2, 0.25) is 0 Å². The van der Waals surface area contributed by atoms with Gasteiger partial charge in [-0.2, -0.15) is 5.43 Å². The first-order valence-electron chi connectivity index (χ1n) is 23.1. The van der Waals surface area contributed by atoms with Gasteiger partial charge in [0.05, 0.1) is 39.6 Å². The van der Waals surface area contributed by atoms with Gasteiger partial charge in [-0.05, 0) is 38.5 Å². The number of aliphatic carboxylic acids is 3. The zero-order valence-electron chi connectivity index (χ0n) is 37.7. The number of quaternary nitrogens is 1. The maximum absolute atomic E-state index is 12.3. The Morgan fingerprint density at radius 3 is 1.25 bits per heavy atom. The standard InChI is InChI=1S/C43H80N6O14/c44-49-36(43(58)59)19-17-18-24-45-39(52)33-62-31-30-61-28-26-47-40(53)34-63-32-29-60-27-25-46-37(50)23-22-35(42(56)57)48-38(51)20-15-13-11-9-7-5-3-1-2-4-6-8-10-12-14-16-21-41(54)55/h35-36,49H,1-34,44H2,(H,45,52)(H,46,50)(H,47,53)(H,48,51)(H,54,55)(H,56,57)(H,58,59)/p+1/t35-,36-/m0/s1. The van der Waals surface area contributed by atoms with Gasteiger partial charge in [0.1, 0.15) is 19.3 Å². The van der Waals surface area contributed by atoms with Crippen molar-refractivity contribution in [3.05, 3.63) is 0 Å². The Kier molecular flexibility index (Phi) is 40.6. The van der Waals surface area contributed by atoms with E-state index in [1.807, 2.05) is 0 Å². The number of unbranched alkanes of at least 4 members (excludes halogenated alkanes) is 16. The summed E-state index contributed by atoms with van der Waals surface area (Å²) in [6, 6.07) is -1.85. The first kappa shape index (κ1) is 59.0. The quantitative estimate of drug-likeness (QED) is 0.0313. The molecule has 0 saturated heterocycles. The van der Waals surface area contributed by atoms with Crippen LogP contribution in [0.25, 0.3) is 0 Å². The number of hydrogen-bond donors (Lipinski definition) is 9. The van der Waals surface area contributed by atoms with Crippen LogP contribution in [-0.2, 0) is 52.5 Å². The van der Waals surface area contributed by atoms with Crippen molar-refractivity contribution in [1.29, 1.82) is 0 Å². The fourth-order valence-electron chi connectivity index (χ4n) is 6.34. The van der Waals surface area contributed by atoms with Crippen LogP contribution in [0.1, 0.15) is 148 Å². The summed E-state index contributed by atoms with van der Waals surface area (Å²) in [6.07, 6.45) is 19.9. The minimum atomic E-state index is -1.18. The van der Waals surface area contributed by atoms with Gasteiger partial charge in [0, 0.05) is 38.9 Å². The summed E-state index contributed by atoms with van der Waals surface area (Å²) in [5, 5.41) is 37.7. The highest BCUT2D eigenvalue weighted by atomic mass is 16.5. The molecule has 0 aromatic carbocycles. The average Bonchev–Trinajstić information content (AvgIpc) is 3.24. The van der Waals surface area contributed by atoms with E-state index >= 15 is 0 Å². The molecule has 11 N–H and O–H groups in total. The van der Waals surface area contributed by atoms with Gasteiger partial charge in [0.2, 0.25) is 23.6 Å². The van der Waals surface area contributed by atoms with E-state index in [1.165, 1.54) is 57.8 Å². The van der Waals surface area contributed by atoms with Crippen LogP contribution < -0.4 is 32.5 Å². The molecule has 0 rings (SSSR count). The number of amides is 4. The van der Waals surface area contributed by atoms with E-state index in [4.69, 9.17) is 29.2 Å². The number of carboxylic acids is 3. The zero-order valence-corrected chi connectivity index (χ0v) is 37.7. The molecule has 0 saturated carbocycles. The SMILES string of the molecule is [NH3+]N[C@@H](CCCCNC(=O)COCCOCCNC(=O)COCCOCCNC(=O)CC[C@H](NC(=O)CCCCCCCCCCCCCCCCCCC(=O)O)C(=O)O)C(=O)O. The van der Waals surface area contributed by atoms with Gasteiger partial charge in [-0.1, -0.05) is 89.9 Å². The predicted molar refractivity (Wildman–Crippen MR) is 233 cm³/mol. The minimum Gasteiger partial charge on any atom is -0.481 e. The summed E-state index contributed by atoms with van der Waals surface area (Å²) < 4.78 is 21.3. The molecule has 0 heterocycles. The lowest BCUT2D eigenvalue weighted by Crippen LogP contribution is -2.70. The van der Waals surface area contributed by atoms with Crippen LogP contribution >= 0.6 is 0 Å². The van der Waals surface area contributed by atoms with Crippen LogP contribution in [0.3, 0.4) is 0 Å². The third-order valence-corrected chi connectivity index (χ3v) is 9.97. The Bertz CT molecular complexity index is 1230. The molecule has 2 atom stereocenters. The molecule has 0 bridgehead atoms. The predicted octanol–water partition coefficient (Wildman–Crippen LogP) is 2.23. The van der Waals surface area contributed by atoms with Crippen molar-refractivity contribution >= 4 is 41.5 Å². The fourth-order valence-corrected chi connectivity index (χ4v) is 6.34. The van der Waals surface area contributed by atoms with Crippen LogP contribution in [0, 0.1) is 0 Å². The maximum atomic E-state index is 12.3. The van der Waals surface area contributed by atoms with Crippen LogP contribution in [-0.4, -0.2) is 141 Å². The average molecular weight is 906 g/mol. The highest BCUT2D eigenvalue weighted by Gasteiger charge is 2.21. The molecule has 4 amide bonds. The molecule has 0 fully saturated rings. The largest absolute Gasteiger partial charge is 0.481 e. The van der Waals surface area contributed by atoms with E-state index in [1.54, 1.807) is 0 Å². The minimum absolute atomic E-state index is 0.0284. The van der Waals surface area contributed by atoms with Crippen molar-refractivity contribution in [2.24, 2.45) is 0 Å². The van der Waals surface area contributed by atoms with E-state index in [-0.39, 0.29) is 115 Å². The molecule has 0 spiro atoms. The highest BCUT2D eigenvalue weighted by molar-refractivity contribution is 5.84. The molecule has 366 valence electrons. The van der Waals surface area contributed by atoms with Gasteiger partial charge in [0.25, 0.3) is 0 Å². The third-order valence-electron chi connectivity index (χ3n) is 9.97. The monoisotopic (exact) mass is 906 g/mol. The highest BCUT2D eigenvalue weighted by Crippen LogP contribution is 2.14. The lowest BCUT2D eigenvalue weighted by Gasteiger charge is -2.14. The second kappa shape index (κ2) is 43.3. The number of carbonyl (C=O) groups is 7. The van der Waals surface area contributed by atoms with Crippen molar-refractivity contribution < 1.29 is 73.7 Å².